The van der Waals surface area contributed by atoms with E-state index in [4.69, 9.17) is 9.84 Å². The Balaban J connectivity index is 3.14. The molecule has 3 heteroatoms. The molecular weight excluding hydrogens is 240 g/mol. The van der Waals surface area contributed by atoms with E-state index in [9.17, 15) is 4.79 Å². The number of benzene rings is 1. The number of hydrogen-bond acceptors (Lipinski definition) is 2. The van der Waals surface area contributed by atoms with Crippen molar-refractivity contribution in [2.24, 2.45) is 5.92 Å². The van der Waals surface area contributed by atoms with Gasteiger partial charge in [0.1, 0.15) is 5.75 Å². The number of carboxylic acids is 1. The van der Waals surface area contributed by atoms with E-state index in [0.29, 0.717) is 5.92 Å². The predicted octanol–water partition coefficient (Wildman–Crippen LogP) is 3.92. The van der Waals surface area contributed by atoms with Crippen LogP contribution in [0.25, 0.3) is 0 Å². The summed E-state index contributed by atoms with van der Waals surface area (Å²) in [5.74, 6) is 0.673. The van der Waals surface area contributed by atoms with Gasteiger partial charge in [0.05, 0.1) is 13.5 Å². The monoisotopic (exact) mass is 264 g/mol. The molecule has 0 saturated carbocycles. The van der Waals surface area contributed by atoms with Crippen LogP contribution >= 0.6 is 0 Å². The summed E-state index contributed by atoms with van der Waals surface area (Å²) in [6, 6.07) is 4.07. The molecule has 0 aliphatic heterocycles. The molecule has 1 aromatic rings. The first kappa shape index (κ1) is 15.5. The third-order valence-corrected chi connectivity index (χ3v) is 3.40. The number of carbonyl (C=O) groups is 1. The number of aliphatic carboxylic acids is 1. The fourth-order valence-corrected chi connectivity index (χ4v) is 2.57. The Kier molecular flexibility index (Phi) is 5.40. The molecule has 3 nitrogen and oxygen atoms in total. The Morgan fingerprint density at radius 2 is 1.89 bits per heavy atom. The molecule has 1 rings (SSSR count). The van der Waals surface area contributed by atoms with Gasteiger partial charge in [0, 0.05) is 0 Å². The minimum atomic E-state index is -0.737. The Bertz CT molecular complexity index is 450. The standard InChI is InChI=1S/C16H24O3/c1-10(2)6-13(9-16(17)18)14-7-12(4)15(19-5)8-11(14)3/h7-8,10,13H,6,9H2,1-5H3,(H,17,18). The van der Waals surface area contributed by atoms with E-state index in [1.807, 2.05) is 19.9 Å². The van der Waals surface area contributed by atoms with Crippen LogP contribution in [-0.4, -0.2) is 18.2 Å². The van der Waals surface area contributed by atoms with Gasteiger partial charge in [0.25, 0.3) is 0 Å². The van der Waals surface area contributed by atoms with E-state index in [-0.39, 0.29) is 12.3 Å². The van der Waals surface area contributed by atoms with Gasteiger partial charge in [-0.3, -0.25) is 4.79 Å². The number of ether oxygens (including phenoxy) is 1. The SMILES string of the molecule is COc1cc(C)c(C(CC(=O)O)CC(C)C)cc1C. The fourth-order valence-electron chi connectivity index (χ4n) is 2.57. The van der Waals surface area contributed by atoms with Crippen LogP contribution in [0.4, 0.5) is 0 Å². The second-order valence-electron chi connectivity index (χ2n) is 5.60. The van der Waals surface area contributed by atoms with Gasteiger partial charge in [-0.05, 0) is 54.9 Å². The minimum Gasteiger partial charge on any atom is -0.496 e. The van der Waals surface area contributed by atoms with E-state index < -0.39 is 5.97 Å². The maximum Gasteiger partial charge on any atom is 0.303 e. The topological polar surface area (TPSA) is 46.5 Å². The van der Waals surface area contributed by atoms with Crippen LogP contribution in [0, 0.1) is 19.8 Å². The molecule has 0 saturated heterocycles. The second-order valence-corrected chi connectivity index (χ2v) is 5.60. The van der Waals surface area contributed by atoms with Gasteiger partial charge in [-0.25, -0.2) is 0 Å². The van der Waals surface area contributed by atoms with Gasteiger partial charge in [-0.1, -0.05) is 19.9 Å². The summed E-state index contributed by atoms with van der Waals surface area (Å²) in [5, 5.41) is 9.09. The fraction of sp³-hybridized carbons (Fsp3) is 0.562. The van der Waals surface area contributed by atoms with Crippen LogP contribution in [0.15, 0.2) is 12.1 Å². The molecule has 1 N–H and O–H groups in total. The molecule has 0 aliphatic rings. The van der Waals surface area contributed by atoms with Crippen molar-refractivity contribution in [1.82, 2.24) is 0 Å². The van der Waals surface area contributed by atoms with Gasteiger partial charge in [0.2, 0.25) is 0 Å². The largest absolute Gasteiger partial charge is 0.496 e. The van der Waals surface area contributed by atoms with Gasteiger partial charge < -0.3 is 9.84 Å². The molecule has 0 amide bonds. The van der Waals surface area contributed by atoms with Crippen molar-refractivity contribution in [1.29, 1.82) is 0 Å². The normalized spacial score (nSPS) is 12.5. The third-order valence-electron chi connectivity index (χ3n) is 3.40. The lowest BCUT2D eigenvalue weighted by Gasteiger charge is -2.21. The van der Waals surface area contributed by atoms with Gasteiger partial charge in [-0.15, -0.1) is 0 Å². The Morgan fingerprint density at radius 3 is 2.37 bits per heavy atom. The van der Waals surface area contributed by atoms with Crippen molar-refractivity contribution in [3.05, 3.63) is 28.8 Å². The highest BCUT2D eigenvalue weighted by Gasteiger charge is 2.20. The lowest BCUT2D eigenvalue weighted by atomic mass is 9.84. The molecular formula is C16H24O3. The summed E-state index contributed by atoms with van der Waals surface area (Å²) in [7, 11) is 1.66. The van der Waals surface area contributed by atoms with Crippen molar-refractivity contribution in [3.63, 3.8) is 0 Å². The van der Waals surface area contributed by atoms with Crippen molar-refractivity contribution >= 4 is 5.97 Å². The number of aryl methyl sites for hydroxylation is 2. The molecule has 1 aromatic carbocycles. The molecule has 0 fully saturated rings. The summed E-state index contributed by atoms with van der Waals surface area (Å²) in [5.41, 5.74) is 3.30. The van der Waals surface area contributed by atoms with E-state index in [2.05, 4.69) is 19.9 Å². The van der Waals surface area contributed by atoms with Gasteiger partial charge in [-0.2, -0.15) is 0 Å². The highest BCUT2D eigenvalue weighted by atomic mass is 16.5. The summed E-state index contributed by atoms with van der Waals surface area (Å²) in [4.78, 5) is 11.1. The average Bonchev–Trinajstić information content (AvgIpc) is 2.29. The molecule has 19 heavy (non-hydrogen) atoms. The van der Waals surface area contributed by atoms with Crippen LogP contribution in [0.5, 0.6) is 5.75 Å². The predicted molar refractivity (Wildman–Crippen MR) is 76.9 cm³/mol. The summed E-state index contributed by atoms with van der Waals surface area (Å²) in [6.07, 6.45) is 1.07. The molecule has 0 aliphatic carbocycles. The van der Waals surface area contributed by atoms with E-state index in [1.165, 1.54) is 0 Å². The maximum absolute atomic E-state index is 11.1. The van der Waals surface area contributed by atoms with Crippen molar-refractivity contribution in [3.8, 4) is 5.75 Å². The van der Waals surface area contributed by atoms with Gasteiger partial charge in [0.15, 0.2) is 0 Å². The smallest absolute Gasteiger partial charge is 0.303 e. The maximum atomic E-state index is 11.1. The molecule has 0 bridgehead atoms. The zero-order valence-corrected chi connectivity index (χ0v) is 12.5. The molecule has 0 spiro atoms. The highest BCUT2D eigenvalue weighted by molar-refractivity contribution is 5.68. The number of carboxylic acid groups (broad SMARTS) is 1. The Hall–Kier alpha value is -1.51. The van der Waals surface area contributed by atoms with Crippen LogP contribution < -0.4 is 4.74 Å². The summed E-state index contributed by atoms with van der Waals surface area (Å²) in [6.45, 7) is 8.27. The lowest BCUT2D eigenvalue weighted by Crippen LogP contribution is -2.11. The van der Waals surface area contributed by atoms with Crippen molar-refractivity contribution < 1.29 is 14.6 Å². The first-order valence-electron chi connectivity index (χ1n) is 6.72. The Morgan fingerprint density at radius 1 is 1.26 bits per heavy atom. The van der Waals surface area contributed by atoms with E-state index in [0.717, 1.165) is 28.9 Å². The first-order chi connectivity index (χ1) is 8.85. The summed E-state index contributed by atoms with van der Waals surface area (Å²) >= 11 is 0. The van der Waals surface area contributed by atoms with Gasteiger partial charge >= 0.3 is 5.97 Å². The van der Waals surface area contributed by atoms with E-state index >= 15 is 0 Å². The number of hydrogen-bond donors (Lipinski definition) is 1. The molecule has 1 atom stereocenters. The molecule has 0 heterocycles. The van der Waals surface area contributed by atoms with Crippen molar-refractivity contribution in [2.45, 2.75) is 46.5 Å². The molecule has 106 valence electrons. The van der Waals surface area contributed by atoms with Crippen molar-refractivity contribution in [2.75, 3.05) is 7.11 Å². The minimum absolute atomic E-state index is 0.0714. The second kappa shape index (κ2) is 6.60. The molecule has 0 aromatic heterocycles. The van der Waals surface area contributed by atoms with Crippen LogP contribution in [-0.2, 0) is 4.79 Å². The Labute approximate surface area is 115 Å². The van der Waals surface area contributed by atoms with E-state index in [1.54, 1.807) is 7.11 Å². The lowest BCUT2D eigenvalue weighted by molar-refractivity contribution is -0.137. The van der Waals surface area contributed by atoms with Crippen LogP contribution in [0.3, 0.4) is 0 Å². The highest BCUT2D eigenvalue weighted by Crippen LogP contribution is 2.33. The number of rotatable bonds is 6. The number of methoxy groups -OCH3 is 1. The average molecular weight is 264 g/mol. The zero-order valence-electron chi connectivity index (χ0n) is 12.5. The zero-order chi connectivity index (χ0) is 14.6. The van der Waals surface area contributed by atoms with Crippen LogP contribution in [0.2, 0.25) is 0 Å². The van der Waals surface area contributed by atoms with Crippen LogP contribution in [0.1, 0.15) is 49.3 Å². The molecule has 0 radical (unpaired) electrons. The summed E-state index contributed by atoms with van der Waals surface area (Å²) < 4.78 is 5.31. The first-order valence-corrected chi connectivity index (χ1v) is 6.72. The quantitative estimate of drug-likeness (QED) is 0.847. The third kappa shape index (κ3) is 4.27. The molecule has 1 unspecified atom stereocenters.